The second kappa shape index (κ2) is 5.97. The quantitative estimate of drug-likeness (QED) is 0.882. The van der Waals surface area contributed by atoms with Gasteiger partial charge in [0.25, 0.3) is 0 Å². The van der Waals surface area contributed by atoms with E-state index in [0.29, 0.717) is 17.2 Å². The third kappa shape index (κ3) is 3.22. The largest absolute Gasteiger partial charge is 0.478 e. The Kier molecular flexibility index (Phi) is 3.87. The first-order valence-electron chi connectivity index (χ1n) is 6.93. The van der Waals surface area contributed by atoms with Crippen LogP contribution in [0.25, 0.3) is 11.3 Å². The van der Waals surface area contributed by atoms with Crippen LogP contribution in [0.5, 0.6) is 0 Å². The van der Waals surface area contributed by atoms with Gasteiger partial charge in [0, 0.05) is 24.2 Å². The van der Waals surface area contributed by atoms with Crippen molar-refractivity contribution in [1.82, 2.24) is 20.3 Å². The number of pyridine rings is 1. The van der Waals surface area contributed by atoms with Gasteiger partial charge in [0.1, 0.15) is 0 Å². The molecule has 1 unspecified atom stereocenters. The lowest BCUT2D eigenvalue weighted by Crippen LogP contribution is -2.11. The van der Waals surface area contributed by atoms with Gasteiger partial charge in [0.05, 0.1) is 23.1 Å². The molecular formula is C15H16N4O2. The van der Waals surface area contributed by atoms with Crippen LogP contribution in [0.15, 0.2) is 30.9 Å². The Balaban J connectivity index is 1.77. The molecule has 0 bridgehead atoms. The number of nitrogens with one attached hydrogen (secondary N) is 1. The van der Waals surface area contributed by atoms with Gasteiger partial charge in [-0.3, -0.25) is 15.0 Å². The maximum Gasteiger partial charge on any atom is 0.337 e. The van der Waals surface area contributed by atoms with Gasteiger partial charge in [-0.15, -0.1) is 0 Å². The first kappa shape index (κ1) is 13.6. The van der Waals surface area contributed by atoms with Gasteiger partial charge in [-0.05, 0) is 37.9 Å². The summed E-state index contributed by atoms with van der Waals surface area (Å²) < 4.78 is 0. The summed E-state index contributed by atoms with van der Waals surface area (Å²) in [5.74, 6) is -0.371. The average Bonchev–Trinajstić information content (AvgIpc) is 3.01. The van der Waals surface area contributed by atoms with Gasteiger partial charge in [0.2, 0.25) is 0 Å². The van der Waals surface area contributed by atoms with E-state index < -0.39 is 5.97 Å². The van der Waals surface area contributed by atoms with Crippen LogP contribution < -0.4 is 5.32 Å². The number of carboxylic acid groups (broad SMARTS) is 1. The molecule has 2 aromatic rings. The number of nitrogens with zero attached hydrogens (tertiary/aromatic N) is 3. The Morgan fingerprint density at radius 1 is 1.29 bits per heavy atom. The van der Waals surface area contributed by atoms with E-state index in [4.69, 9.17) is 5.11 Å². The third-order valence-electron chi connectivity index (χ3n) is 3.65. The number of hydrogen-bond donors (Lipinski definition) is 2. The SMILES string of the molecule is O=C(O)c1cncc(-c2cnc(CC3CCNC3)cn2)c1. The molecule has 0 spiro atoms. The minimum Gasteiger partial charge on any atom is -0.478 e. The van der Waals surface area contributed by atoms with Gasteiger partial charge < -0.3 is 10.4 Å². The highest BCUT2D eigenvalue weighted by molar-refractivity contribution is 5.88. The van der Waals surface area contributed by atoms with Crippen LogP contribution in [-0.4, -0.2) is 39.1 Å². The van der Waals surface area contributed by atoms with Crippen molar-refractivity contribution >= 4 is 5.97 Å². The lowest BCUT2D eigenvalue weighted by Gasteiger charge is -2.07. The van der Waals surface area contributed by atoms with E-state index in [1.165, 1.54) is 12.6 Å². The molecular weight excluding hydrogens is 268 g/mol. The number of aromatic nitrogens is 3. The van der Waals surface area contributed by atoms with Gasteiger partial charge in [-0.25, -0.2) is 4.79 Å². The smallest absolute Gasteiger partial charge is 0.337 e. The number of carbonyl (C=O) groups is 1. The first-order chi connectivity index (χ1) is 10.2. The van der Waals surface area contributed by atoms with E-state index >= 15 is 0 Å². The molecule has 1 atom stereocenters. The van der Waals surface area contributed by atoms with E-state index in [9.17, 15) is 4.79 Å². The summed E-state index contributed by atoms with van der Waals surface area (Å²) >= 11 is 0. The van der Waals surface area contributed by atoms with E-state index in [1.54, 1.807) is 24.7 Å². The molecule has 1 aliphatic heterocycles. The molecule has 1 fully saturated rings. The Bertz CT molecular complexity index is 636. The zero-order valence-corrected chi connectivity index (χ0v) is 11.5. The van der Waals surface area contributed by atoms with Crippen molar-refractivity contribution < 1.29 is 9.90 Å². The van der Waals surface area contributed by atoms with Crippen molar-refractivity contribution in [3.05, 3.63) is 42.1 Å². The maximum absolute atomic E-state index is 10.9. The lowest BCUT2D eigenvalue weighted by atomic mass is 10.0. The van der Waals surface area contributed by atoms with Crippen LogP contribution in [0.4, 0.5) is 0 Å². The zero-order valence-electron chi connectivity index (χ0n) is 11.5. The fraction of sp³-hybridized carbons (Fsp3) is 0.333. The van der Waals surface area contributed by atoms with Gasteiger partial charge >= 0.3 is 5.97 Å². The van der Waals surface area contributed by atoms with Gasteiger partial charge in [0.15, 0.2) is 0 Å². The van der Waals surface area contributed by atoms with Gasteiger partial charge in [-0.2, -0.15) is 0 Å². The molecule has 1 aliphatic rings. The molecule has 1 saturated heterocycles. The van der Waals surface area contributed by atoms with Crippen LogP contribution in [0.1, 0.15) is 22.5 Å². The van der Waals surface area contributed by atoms with E-state index in [2.05, 4.69) is 20.3 Å². The van der Waals surface area contributed by atoms with Gasteiger partial charge in [-0.1, -0.05) is 0 Å². The molecule has 2 aromatic heterocycles. The van der Waals surface area contributed by atoms with E-state index in [0.717, 1.165) is 25.2 Å². The van der Waals surface area contributed by atoms with Crippen molar-refractivity contribution in [2.45, 2.75) is 12.8 Å². The summed E-state index contributed by atoms with van der Waals surface area (Å²) in [6.45, 7) is 2.11. The minimum atomic E-state index is -0.998. The predicted molar refractivity (Wildman–Crippen MR) is 76.9 cm³/mol. The topological polar surface area (TPSA) is 88.0 Å². The summed E-state index contributed by atoms with van der Waals surface area (Å²) in [5.41, 5.74) is 2.42. The van der Waals surface area contributed by atoms with Crippen LogP contribution in [0.3, 0.4) is 0 Å². The van der Waals surface area contributed by atoms with Crippen LogP contribution in [0.2, 0.25) is 0 Å². The summed E-state index contributed by atoms with van der Waals surface area (Å²) in [6.07, 6.45) is 8.46. The Hall–Kier alpha value is -2.34. The molecule has 21 heavy (non-hydrogen) atoms. The second-order valence-corrected chi connectivity index (χ2v) is 5.22. The Morgan fingerprint density at radius 2 is 2.19 bits per heavy atom. The highest BCUT2D eigenvalue weighted by Crippen LogP contribution is 2.18. The molecule has 0 saturated carbocycles. The molecule has 108 valence electrons. The fourth-order valence-electron chi connectivity index (χ4n) is 2.49. The monoisotopic (exact) mass is 284 g/mol. The van der Waals surface area contributed by atoms with Crippen LogP contribution >= 0.6 is 0 Å². The maximum atomic E-state index is 10.9. The van der Waals surface area contributed by atoms with Crippen molar-refractivity contribution in [2.24, 2.45) is 5.92 Å². The third-order valence-corrected chi connectivity index (χ3v) is 3.65. The van der Waals surface area contributed by atoms with Crippen molar-refractivity contribution in [1.29, 1.82) is 0 Å². The van der Waals surface area contributed by atoms with Crippen LogP contribution in [-0.2, 0) is 6.42 Å². The number of hydrogen-bond acceptors (Lipinski definition) is 5. The Morgan fingerprint density at radius 3 is 2.86 bits per heavy atom. The molecule has 0 radical (unpaired) electrons. The Labute approximate surface area is 122 Å². The highest BCUT2D eigenvalue weighted by atomic mass is 16.4. The average molecular weight is 284 g/mol. The summed E-state index contributed by atoms with van der Waals surface area (Å²) in [5, 5.41) is 12.3. The van der Waals surface area contributed by atoms with Crippen LogP contribution in [0, 0.1) is 5.92 Å². The van der Waals surface area contributed by atoms with Crippen molar-refractivity contribution in [2.75, 3.05) is 13.1 Å². The number of rotatable bonds is 4. The van der Waals surface area contributed by atoms with Crippen molar-refractivity contribution in [3.63, 3.8) is 0 Å². The van der Waals surface area contributed by atoms with E-state index in [-0.39, 0.29) is 5.56 Å². The predicted octanol–water partition coefficient (Wildman–Crippen LogP) is 1.39. The molecule has 0 aliphatic carbocycles. The lowest BCUT2D eigenvalue weighted by molar-refractivity contribution is 0.0696. The summed E-state index contributed by atoms with van der Waals surface area (Å²) in [6, 6.07) is 1.56. The minimum absolute atomic E-state index is 0.149. The summed E-state index contributed by atoms with van der Waals surface area (Å²) in [7, 11) is 0. The highest BCUT2D eigenvalue weighted by Gasteiger charge is 2.15. The van der Waals surface area contributed by atoms with Crippen molar-refractivity contribution in [3.8, 4) is 11.3 Å². The number of carboxylic acids is 1. The first-order valence-corrected chi connectivity index (χ1v) is 6.93. The number of aromatic carboxylic acids is 1. The zero-order chi connectivity index (χ0) is 14.7. The summed E-state index contributed by atoms with van der Waals surface area (Å²) in [4.78, 5) is 23.7. The molecule has 0 aromatic carbocycles. The molecule has 6 nitrogen and oxygen atoms in total. The molecule has 6 heteroatoms. The molecule has 2 N–H and O–H groups in total. The fourth-order valence-corrected chi connectivity index (χ4v) is 2.49. The molecule has 3 rings (SSSR count). The molecule has 3 heterocycles. The van der Waals surface area contributed by atoms with E-state index in [1.807, 2.05) is 0 Å². The molecule has 0 amide bonds. The second-order valence-electron chi connectivity index (χ2n) is 5.22. The normalized spacial score (nSPS) is 17.8. The standard InChI is InChI=1S/C15H16N4O2/c20-15(21)12-4-11(6-17-7-12)14-9-18-13(8-19-14)3-10-1-2-16-5-10/h4,6-10,16H,1-3,5H2,(H,20,21).